The van der Waals surface area contributed by atoms with Crippen LogP contribution in [0.4, 0.5) is 11.4 Å². The van der Waals surface area contributed by atoms with Gasteiger partial charge in [0.15, 0.2) is 0 Å². The van der Waals surface area contributed by atoms with Crippen molar-refractivity contribution in [1.82, 2.24) is 14.9 Å². The van der Waals surface area contributed by atoms with Gasteiger partial charge >= 0.3 is 0 Å². The first kappa shape index (κ1) is 24.8. The molecule has 1 N–H and O–H groups in total. The molecular weight excluding hydrogens is 498 g/mol. The van der Waals surface area contributed by atoms with Crippen LogP contribution in [0.1, 0.15) is 19.3 Å². The summed E-state index contributed by atoms with van der Waals surface area (Å²) < 4.78 is 34.1. The van der Waals surface area contributed by atoms with E-state index in [1.54, 1.807) is 30.4 Å². The Balaban J connectivity index is 1.50. The summed E-state index contributed by atoms with van der Waals surface area (Å²) >= 11 is 1.51. The largest absolute Gasteiger partial charge is 0.476 e. The monoisotopic (exact) mass is 527 g/mol. The van der Waals surface area contributed by atoms with Gasteiger partial charge in [-0.3, -0.25) is 14.5 Å². The molecule has 1 aliphatic carbocycles. The fourth-order valence-corrected chi connectivity index (χ4v) is 6.55. The Morgan fingerprint density at radius 2 is 1.97 bits per heavy atom. The Bertz CT molecular complexity index is 1420. The van der Waals surface area contributed by atoms with Crippen LogP contribution >= 0.6 is 11.8 Å². The number of fused-ring (bicyclic) bond motifs is 3. The van der Waals surface area contributed by atoms with Gasteiger partial charge in [0.25, 0.3) is 0 Å². The number of hydrogen-bond acceptors (Lipinski definition) is 8. The third-order valence-corrected chi connectivity index (χ3v) is 9.23. The van der Waals surface area contributed by atoms with E-state index >= 15 is 0 Å². The van der Waals surface area contributed by atoms with E-state index in [-0.39, 0.29) is 17.0 Å². The number of aromatic nitrogens is 2. The molecule has 0 bridgehead atoms. The molecule has 1 amide bonds. The molecule has 0 spiro atoms. The summed E-state index contributed by atoms with van der Waals surface area (Å²) in [5.41, 5.74) is 3.59. The molecule has 1 saturated carbocycles. The summed E-state index contributed by atoms with van der Waals surface area (Å²) in [4.78, 5) is 25.9. The topological polar surface area (TPSA) is 105 Å². The molecule has 0 atom stereocenters. The highest BCUT2D eigenvalue weighted by atomic mass is 32.2. The second kappa shape index (κ2) is 9.87. The first-order valence-corrected chi connectivity index (χ1v) is 14.4. The van der Waals surface area contributed by atoms with E-state index in [4.69, 9.17) is 4.74 Å². The van der Waals surface area contributed by atoms with Crippen LogP contribution in [0.15, 0.2) is 41.6 Å². The van der Waals surface area contributed by atoms with Crippen molar-refractivity contribution in [2.75, 3.05) is 49.7 Å². The zero-order chi connectivity index (χ0) is 25.4. The number of rotatable bonds is 9. The normalized spacial score (nSPS) is 15.9. The summed E-state index contributed by atoms with van der Waals surface area (Å²) in [7, 11) is 2.25. The van der Waals surface area contributed by atoms with Gasteiger partial charge in [-0.25, -0.2) is 13.4 Å². The number of amides is 1. The Kier molecular flexibility index (Phi) is 6.80. The first-order valence-electron chi connectivity index (χ1n) is 11.8. The van der Waals surface area contributed by atoms with Crippen LogP contribution < -0.4 is 14.4 Å². The molecule has 0 saturated heterocycles. The molecule has 2 aromatic heterocycles. The molecule has 36 heavy (non-hydrogen) atoms. The smallest absolute Gasteiger partial charge is 0.238 e. The highest BCUT2D eigenvalue weighted by Gasteiger charge is 2.36. The number of benzene rings is 1. The van der Waals surface area contributed by atoms with Crippen molar-refractivity contribution in [3.8, 4) is 17.0 Å². The summed E-state index contributed by atoms with van der Waals surface area (Å²) in [5, 5.41) is 0.580. The van der Waals surface area contributed by atoms with E-state index < -0.39 is 10.0 Å². The van der Waals surface area contributed by atoms with Crippen molar-refractivity contribution in [2.45, 2.75) is 29.4 Å². The number of nitrogens with zero attached hydrogens (tertiary/aromatic N) is 4. The second-order valence-electron chi connectivity index (χ2n) is 9.37. The van der Waals surface area contributed by atoms with Gasteiger partial charge in [0.05, 0.1) is 35.0 Å². The number of anilines is 2. The van der Waals surface area contributed by atoms with E-state index in [1.165, 1.54) is 11.8 Å². The molecule has 2 aliphatic rings. The second-order valence-corrected chi connectivity index (χ2v) is 12.3. The maximum Gasteiger partial charge on any atom is 0.238 e. The molecule has 3 aromatic rings. The molecule has 5 rings (SSSR count). The molecule has 3 heterocycles. The quantitative estimate of drug-likeness (QED) is 0.421. The molecule has 190 valence electrons. The number of thioether (sulfide) groups is 1. The number of pyridine rings is 2. The van der Waals surface area contributed by atoms with E-state index in [0.717, 1.165) is 45.6 Å². The van der Waals surface area contributed by atoms with Gasteiger partial charge < -0.3 is 14.5 Å². The average Bonchev–Trinajstić information content (AvgIpc) is 3.70. The van der Waals surface area contributed by atoms with Crippen LogP contribution in [0.5, 0.6) is 5.88 Å². The molecule has 1 aliphatic heterocycles. The van der Waals surface area contributed by atoms with Crippen LogP contribution in [0.2, 0.25) is 0 Å². The summed E-state index contributed by atoms with van der Waals surface area (Å²) in [5.74, 6) is 0.696. The number of nitrogens with one attached hydrogen (secondary N) is 1. The van der Waals surface area contributed by atoms with E-state index in [1.807, 2.05) is 32.3 Å². The Hall–Kier alpha value is -2.89. The number of sulfonamides is 1. The fraction of sp³-hybridized carbons (Fsp3) is 0.400. The Morgan fingerprint density at radius 3 is 2.72 bits per heavy atom. The number of hydrogen-bond donors (Lipinski definition) is 1. The molecule has 1 fully saturated rings. The van der Waals surface area contributed by atoms with Gasteiger partial charge in [-0.05, 0) is 57.1 Å². The maximum atomic E-state index is 12.7. The molecule has 9 nitrogen and oxygen atoms in total. The first-order chi connectivity index (χ1) is 17.2. The van der Waals surface area contributed by atoms with Crippen LogP contribution in [-0.4, -0.2) is 74.5 Å². The summed E-state index contributed by atoms with van der Waals surface area (Å²) in [6.07, 6.45) is 5.56. The standard InChI is InChI=1S/C25H29N5O4S2/c1-29(2)9-4-10-34-25-21(28-36(32,33)18-6-7-18)12-17(13-27-25)16-5-8-20-19(11-16)24-22(14-26-20)30(3)23(31)15-35-24/h5,8,11-14,18,28H,4,6-7,9-10,15H2,1-3H3. The lowest BCUT2D eigenvalue weighted by Gasteiger charge is -2.25. The minimum Gasteiger partial charge on any atom is -0.476 e. The minimum absolute atomic E-state index is 0.0442. The van der Waals surface area contributed by atoms with Crippen LogP contribution in [0.25, 0.3) is 22.0 Å². The molecular formula is C25H29N5O4S2. The van der Waals surface area contributed by atoms with Gasteiger partial charge in [0.2, 0.25) is 21.8 Å². The highest BCUT2D eigenvalue weighted by Crippen LogP contribution is 2.41. The van der Waals surface area contributed by atoms with Crippen molar-refractivity contribution in [3.63, 3.8) is 0 Å². The Morgan fingerprint density at radius 1 is 1.17 bits per heavy atom. The lowest BCUT2D eigenvalue weighted by molar-refractivity contribution is -0.116. The van der Waals surface area contributed by atoms with Crippen LogP contribution in [-0.2, 0) is 14.8 Å². The van der Waals surface area contributed by atoms with Gasteiger partial charge in [-0.15, -0.1) is 11.8 Å². The molecule has 1 aromatic carbocycles. The molecule has 11 heteroatoms. The summed E-state index contributed by atoms with van der Waals surface area (Å²) in [6.45, 7) is 1.29. The van der Waals surface area contributed by atoms with Crippen molar-refractivity contribution in [3.05, 3.63) is 36.7 Å². The van der Waals surface area contributed by atoms with E-state index in [2.05, 4.69) is 19.6 Å². The van der Waals surface area contributed by atoms with E-state index in [9.17, 15) is 13.2 Å². The third-order valence-electron chi connectivity index (χ3n) is 6.26. The lowest BCUT2D eigenvalue weighted by Crippen LogP contribution is -2.31. The Labute approximate surface area is 215 Å². The lowest BCUT2D eigenvalue weighted by atomic mass is 10.0. The number of carbonyl (C=O) groups excluding carboxylic acids is 1. The molecule has 0 radical (unpaired) electrons. The minimum atomic E-state index is -3.49. The van der Waals surface area contributed by atoms with Gasteiger partial charge in [-0.2, -0.15) is 0 Å². The van der Waals surface area contributed by atoms with Crippen molar-refractivity contribution in [1.29, 1.82) is 0 Å². The number of carbonyl (C=O) groups is 1. The van der Waals surface area contributed by atoms with E-state index in [0.29, 0.717) is 30.9 Å². The summed E-state index contributed by atoms with van der Waals surface area (Å²) in [6, 6.07) is 7.67. The van der Waals surface area contributed by atoms with Crippen molar-refractivity contribution in [2.24, 2.45) is 0 Å². The predicted molar refractivity (Wildman–Crippen MR) is 143 cm³/mol. The third kappa shape index (κ3) is 5.14. The zero-order valence-corrected chi connectivity index (χ0v) is 22.2. The SMILES string of the molecule is CN(C)CCCOc1ncc(-c2ccc3ncc4c(c3c2)SCC(=O)N4C)cc1NS(=O)(=O)C1CC1. The van der Waals surface area contributed by atoms with Crippen LogP contribution in [0, 0.1) is 0 Å². The zero-order valence-electron chi connectivity index (χ0n) is 20.5. The van der Waals surface area contributed by atoms with Crippen LogP contribution in [0.3, 0.4) is 0 Å². The van der Waals surface area contributed by atoms with Crippen molar-refractivity contribution >= 4 is 50.0 Å². The van der Waals surface area contributed by atoms with Gasteiger partial charge in [0.1, 0.15) is 5.69 Å². The van der Waals surface area contributed by atoms with Gasteiger partial charge in [0, 0.05) is 35.6 Å². The average molecular weight is 528 g/mol. The highest BCUT2D eigenvalue weighted by molar-refractivity contribution is 8.00. The number of ether oxygens (including phenoxy) is 1. The maximum absolute atomic E-state index is 12.7. The van der Waals surface area contributed by atoms with Gasteiger partial charge in [-0.1, -0.05) is 6.07 Å². The fourth-order valence-electron chi connectivity index (χ4n) is 4.06. The van der Waals surface area contributed by atoms with Crippen molar-refractivity contribution < 1.29 is 17.9 Å². The predicted octanol–water partition coefficient (Wildman–Crippen LogP) is 3.60. The molecule has 0 unspecified atom stereocenters.